The van der Waals surface area contributed by atoms with E-state index in [4.69, 9.17) is 0 Å². The van der Waals surface area contributed by atoms with Crippen molar-refractivity contribution in [2.75, 3.05) is 6.66 Å². The van der Waals surface area contributed by atoms with Gasteiger partial charge in [-0.1, -0.05) is 29.4 Å². The summed E-state index contributed by atoms with van der Waals surface area (Å²) < 4.78 is 0. The first-order valence-electron chi connectivity index (χ1n) is 4.05. The summed E-state index contributed by atoms with van der Waals surface area (Å²) in [5, 5.41) is 0. The Bertz CT molecular complexity index is 265. The molecule has 1 rings (SSSR count). The molecule has 1 aromatic rings. The first-order valence-corrected chi connectivity index (χ1v) is 5.55. The highest BCUT2D eigenvalue weighted by atomic mass is 31.1. The smallest absolute Gasteiger partial charge is 0.134 e. The minimum atomic E-state index is 0.0651. The molecule has 2 nitrogen and oxygen atoms in total. The molecule has 1 aromatic heterocycles. The van der Waals surface area contributed by atoms with Crippen molar-refractivity contribution in [1.82, 2.24) is 9.97 Å². The summed E-state index contributed by atoms with van der Waals surface area (Å²) >= 11 is 0. The molecule has 0 saturated heterocycles. The molecule has 12 heavy (non-hydrogen) atoms. The van der Waals surface area contributed by atoms with Gasteiger partial charge in [0.05, 0.1) is 5.44 Å². The molecule has 0 spiro atoms. The minimum Gasteiger partial charge on any atom is -0.241 e. The SMILES string of the molecule is CPc1ccnc(C(C)(C)C)n1. The van der Waals surface area contributed by atoms with Crippen LogP contribution in [0, 0.1) is 0 Å². The molecular formula is C9H15N2P. The third kappa shape index (κ3) is 2.25. The molecule has 1 heterocycles. The van der Waals surface area contributed by atoms with Crippen LogP contribution < -0.4 is 5.44 Å². The Labute approximate surface area is 75.6 Å². The quantitative estimate of drug-likeness (QED) is 0.618. The molecule has 66 valence electrons. The van der Waals surface area contributed by atoms with Gasteiger partial charge >= 0.3 is 0 Å². The summed E-state index contributed by atoms with van der Waals surface area (Å²) in [6.45, 7) is 8.52. The van der Waals surface area contributed by atoms with Gasteiger partial charge in [-0.2, -0.15) is 0 Å². The summed E-state index contributed by atoms with van der Waals surface area (Å²) in [4.78, 5) is 8.72. The van der Waals surface area contributed by atoms with E-state index < -0.39 is 0 Å². The lowest BCUT2D eigenvalue weighted by Gasteiger charge is -2.16. The third-order valence-corrected chi connectivity index (χ3v) is 2.37. The van der Waals surface area contributed by atoms with Crippen molar-refractivity contribution >= 4 is 14.0 Å². The first-order chi connectivity index (χ1) is 5.54. The fourth-order valence-electron chi connectivity index (χ4n) is 0.859. The second-order valence-electron chi connectivity index (χ2n) is 3.77. The Kier molecular flexibility index (Phi) is 2.79. The Morgan fingerprint density at radius 3 is 2.50 bits per heavy atom. The van der Waals surface area contributed by atoms with Crippen LogP contribution in [0.2, 0.25) is 0 Å². The lowest BCUT2D eigenvalue weighted by molar-refractivity contribution is 0.547. The summed E-state index contributed by atoms with van der Waals surface area (Å²) in [6, 6.07) is 1.98. The second-order valence-corrected chi connectivity index (χ2v) is 4.78. The highest BCUT2D eigenvalue weighted by molar-refractivity contribution is 7.45. The van der Waals surface area contributed by atoms with Crippen molar-refractivity contribution in [3.05, 3.63) is 18.1 Å². The molecular weight excluding hydrogens is 167 g/mol. The van der Waals surface area contributed by atoms with Gasteiger partial charge in [-0.05, 0) is 12.7 Å². The first kappa shape index (κ1) is 9.60. The van der Waals surface area contributed by atoms with Crippen molar-refractivity contribution in [3.63, 3.8) is 0 Å². The van der Waals surface area contributed by atoms with Crippen LogP contribution in [0.25, 0.3) is 0 Å². The number of hydrogen-bond acceptors (Lipinski definition) is 2. The van der Waals surface area contributed by atoms with E-state index in [1.807, 2.05) is 12.3 Å². The largest absolute Gasteiger partial charge is 0.241 e. The molecule has 0 aromatic carbocycles. The highest BCUT2D eigenvalue weighted by Gasteiger charge is 2.16. The highest BCUT2D eigenvalue weighted by Crippen LogP contribution is 2.16. The summed E-state index contributed by atoms with van der Waals surface area (Å²) in [5.41, 5.74) is 1.21. The third-order valence-electron chi connectivity index (χ3n) is 1.58. The molecule has 1 atom stereocenters. The van der Waals surface area contributed by atoms with Gasteiger partial charge in [0, 0.05) is 11.6 Å². The number of nitrogens with zero attached hydrogens (tertiary/aromatic N) is 2. The average Bonchev–Trinajstić information content (AvgIpc) is 2.03. The van der Waals surface area contributed by atoms with Gasteiger partial charge in [-0.3, -0.25) is 0 Å². The van der Waals surface area contributed by atoms with Crippen molar-refractivity contribution < 1.29 is 0 Å². The van der Waals surface area contributed by atoms with Gasteiger partial charge < -0.3 is 0 Å². The maximum atomic E-state index is 4.46. The van der Waals surface area contributed by atoms with E-state index in [1.165, 1.54) is 0 Å². The van der Waals surface area contributed by atoms with E-state index in [1.54, 1.807) is 0 Å². The van der Waals surface area contributed by atoms with Crippen molar-refractivity contribution in [2.45, 2.75) is 26.2 Å². The zero-order chi connectivity index (χ0) is 9.19. The normalized spacial score (nSPS) is 12.7. The Balaban J connectivity index is 3.02. The van der Waals surface area contributed by atoms with Crippen LogP contribution in [0.1, 0.15) is 26.6 Å². The summed E-state index contributed by atoms with van der Waals surface area (Å²) in [5.74, 6) is 0.939. The molecule has 0 N–H and O–H groups in total. The maximum Gasteiger partial charge on any atom is 0.134 e. The zero-order valence-corrected chi connectivity index (χ0v) is 9.05. The molecule has 0 aliphatic carbocycles. The van der Waals surface area contributed by atoms with Crippen LogP contribution in [-0.2, 0) is 5.41 Å². The van der Waals surface area contributed by atoms with Crippen LogP contribution in [-0.4, -0.2) is 16.6 Å². The van der Waals surface area contributed by atoms with Gasteiger partial charge in [0.2, 0.25) is 0 Å². The van der Waals surface area contributed by atoms with E-state index in [-0.39, 0.29) is 5.41 Å². The van der Waals surface area contributed by atoms with Crippen LogP contribution in [0.15, 0.2) is 12.3 Å². The lowest BCUT2D eigenvalue weighted by atomic mass is 9.96. The van der Waals surface area contributed by atoms with E-state index in [0.29, 0.717) is 0 Å². The Morgan fingerprint density at radius 2 is 2.00 bits per heavy atom. The van der Waals surface area contributed by atoms with E-state index in [2.05, 4.69) is 37.4 Å². The minimum absolute atomic E-state index is 0.0651. The Morgan fingerprint density at radius 1 is 1.33 bits per heavy atom. The predicted molar refractivity (Wildman–Crippen MR) is 54.6 cm³/mol. The Hall–Kier alpha value is -0.490. The van der Waals surface area contributed by atoms with E-state index in [9.17, 15) is 0 Å². The molecule has 0 aliphatic heterocycles. The summed E-state index contributed by atoms with van der Waals surface area (Å²) in [7, 11) is 0.754. The predicted octanol–water partition coefficient (Wildman–Crippen LogP) is 1.71. The molecule has 1 unspecified atom stereocenters. The van der Waals surface area contributed by atoms with Crippen LogP contribution in [0.5, 0.6) is 0 Å². The molecule has 0 aliphatic rings. The maximum absolute atomic E-state index is 4.46. The number of rotatable bonds is 1. The van der Waals surface area contributed by atoms with Crippen molar-refractivity contribution in [1.29, 1.82) is 0 Å². The second kappa shape index (κ2) is 3.49. The van der Waals surface area contributed by atoms with Crippen LogP contribution in [0.4, 0.5) is 0 Å². The fraction of sp³-hybridized carbons (Fsp3) is 0.556. The van der Waals surface area contributed by atoms with Crippen LogP contribution >= 0.6 is 8.58 Å². The van der Waals surface area contributed by atoms with Gasteiger partial charge in [0.1, 0.15) is 5.82 Å². The van der Waals surface area contributed by atoms with Gasteiger partial charge in [-0.15, -0.1) is 0 Å². The van der Waals surface area contributed by atoms with Crippen LogP contribution in [0.3, 0.4) is 0 Å². The fourth-order valence-corrected chi connectivity index (χ4v) is 1.32. The molecule has 3 heteroatoms. The molecule has 0 fully saturated rings. The van der Waals surface area contributed by atoms with Gasteiger partial charge in [-0.25, -0.2) is 9.97 Å². The molecule has 0 amide bonds. The lowest BCUT2D eigenvalue weighted by Crippen LogP contribution is -2.19. The molecule has 0 saturated carbocycles. The summed E-state index contributed by atoms with van der Waals surface area (Å²) in [6.07, 6.45) is 1.85. The number of aromatic nitrogens is 2. The van der Waals surface area contributed by atoms with E-state index >= 15 is 0 Å². The topological polar surface area (TPSA) is 25.8 Å². The monoisotopic (exact) mass is 182 g/mol. The average molecular weight is 182 g/mol. The van der Waals surface area contributed by atoms with Crippen molar-refractivity contribution in [2.24, 2.45) is 0 Å². The van der Waals surface area contributed by atoms with E-state index in [0.717, 1.165) is 19.8 Å². The molecule has 0 bridgehead atoms. The zero-order valence-electron chi connectivity index (χ0n) is 8.05. The van der Waals surface area contributed by atoms with Gasteiger partial charge in [0.25, 0.3) is 0 Å². The van der Waals surface area contributed by atoms with Crippen molar-refractivity contribution in [3.8, 4) is 0 Å². The number of hydrogen-bond donors (Lipinski definition) is 0. The standard InChI is InChI=1S/C9H15N2P/c1-9(2,3)8-10-6-5-7(11-8)12-4/h5-6,12H,1-4H3. The molecule has 0 radical (unpaired) electrons. The van der Waals surface area contributed by atoms with Gasteiger partial charge in [0.15, 0.2) is 0 Å².